The minimum Gasteiger partial charge on any atom is -0.385 e. The third kappa shape index (κ3) is 6.84. The second-order valence-corrected chi connectivity index (χ2v) is 11.6. The summed E-state index contributed by atoms with van der Waals surface area (Å²) >= 11 is 0. The molecule has 2 amide bonds. The zero-order valence-corrected chi connectivity index (χ0v) is 23.5. The number of rotatable bonds is 12. The van der Waals surface area contributed by atoms with Gasteiger partial charge in [0.2, 0.25) is 11.8 Å². The van der Waals surface area contributed by atoms with Gasteiger partial charge in [0.05, 0.1) is 0 Å². The molecule has 4 rings (SSSR count). The number of Topliss-reactive ketones (excluding diaryl/α,β-unsaturated/α-hetero) is 1. The van der Waals surface area contributed by atoms with Gasteiger partial charge in [-0.05, 0) is 43.6 Å². The first-order valence-corrected chi connectivity index (χ1v) is 14.9. The molecule has 1 spiro atoms. The fourth-order valence-electron chi connectivity index (χ4n) is 6.59. The van der Waals surface area contributed by atoms with E-state index in [0.717, 1.165) is 56.4 Å². The Labute approximate surface area is 228 Å². The number of piperazine rings is 1. The molecule has 1 N–H and O–H groups in total. The molecule has 1 saturated carbocycles. The first-order chi connectivity index (χ1) is 18.5. The van der Waals surface area contributed by atoms with Crippen LogP contribution >= 0.6 is 0 Å². The Morgan fingerprint density at radius 1 is 1.05 bits per heavy atom. The number of carbonyl (C=O) groups excluding carboxylic acids is 3. The average Bonchev–Trinajstić information content (AvgIpc) is 2.94. The fourth-order valence-corrected chi connectivity index (χ4v) is 6.59. The second-order valence-electron chi connectivity index (χ2n) is 11.6. The van der Waals surface area contributed by atoms with Crippen LogP contribution in [0.5, 0.6) is 0 Å². The zero-order chi connectivity index (χ0) is 27.0. The van der Waals surface area contributed by atoms with E-state index >= 15 is 0 Å². The van der Waals surface area contributed by atoms with Crippen molar-refractivity contribution in [3.8, 4) is 0 Å². The number of hydrogen-bond donors (Lipinski definition) is 1. The highest BCUT2D eigenvalue weighted by Gasteiger charge is 2.53. The number of ketones is 1. The third-order valence-electron chi connectivity index (χ3n) is 8.96. The maximum absolute atomic E-state index is 13.7. The molecule has 2 heterocycles. The normalized spacial score (nSPS) is 22.6. The van der Waals surface area contributed by atoms with Gasteiger partial charge >= 0.3 is 0 Å². The zero-order valence-electron chi connectivity index (χ0n) is 23.5. The molecule has 2 aliphatic heterocycles. The maximum Gasteiger partial charge on any atom is 0.246 e. The molecule has 0 radical (unpaired) electrons. The highest BCUT2D eigenvalue weighted by molar-refractivity contribution is 6.00. The lowest BCUT2D eigenvalue weighted by atomic mass is 9.79. The molecule has 1 atom stereocenters. The van der Waals surface area contributed by atoms with Crippen molar-refractivity contribution in [3.63, 3.8) is 0 Å². The van der Waals surface area contributed by atoms with Crippen LogP contribution in [0.25, 0.3) is 0 Å². The summed E-state index contributed by atoms with van der Waals surface area (Å²) in [6.45, 7) is 5.73. The summed E-state index contributed by atoms with van der Waals surface area (Å²) in [4.78, 5) is 44.1. The summed E-state index contributed by atoms with van der Waals surface area (Å²) in [5, 5.41) is 3.19. The highest BCUT2D eigenvalue weighted by atomic mass is 16.5. The van der Waals surface area contributed by atoms with Gasteiger partial charge in [-0.3, -0.25) is 19.3 Å². The SMILES string of the molecule is CCCCN1C(=O)[C@H](CC2CCCCC2)NC(=O)C12CCN(Cc1ccc(C(=O)CCCOC)cc1)CC2. The molecule has 7 heteroatoms. The van der Waals surface area contributed by atoms with Crippen LogP contribution in [-0.4, -0.2) is 72.3 Å². The predicted octanol–water partition coefficient (Wildman–Crippen LogP) is 4.73. The lowest BCUT2D eigenvalue weighted by Crippen LogP contribution is -2.73. The van der Waals surface area contributed by atoms with Gasteiger partial charge in [0.1, 0.15) is 11.6 Å². The maximum atomic E-state index is 13.7. The molecule has 210 valence electrons. The first kappa shape index (κ1) is 28.8. The highest BCUT2D eigenvalue weighted by Crippen LogP contribution is 2.36. The summed E-state index contributed by atoms with van der Waals surface area (Å²) in [5.74, 6) is 0.900. The van der Waals surface area contributed by atoms with E-state index in [4.69, 9.17) is 4.74 Å². The average molecular weight is 526 g/mol. The summed E-state index contributed by atoms with van der Waals surface area (Å²) in [6.07, 6.45) is 11.4. The quantitative estimate of drug-likeness (QED) is 0.315. The Balaban J connectivity index is 1.36. The van der Waals surface area contributed by atoms with Crippen molar-refractivity contribution in [3.05, 3.63) is 35.4 Å². The van der Waals surface area contributed by atoms with Gasteiger partial charge in [0.25, 0.3) is 0 Å². The Morgan fingerprint density at radius 2 is 1.76 bits per heavy atom. The van der Waals surface area contributed by atoms with Crippen LogP contribution in [0.1, 0.15) is 99.9 Å². The van der Waals surface area contributed by atoms with E-state index in [9.17, 15) is 14.4 Å². The topological polar surface area (TPSA) is 79.0 Å². The summed E-state index contributed by atoms with van der Waals surface area (Å²) in [6, 6.07) is 7.55. The largest absolute Gasteiger partial charge is 0.385 e. The van der Waals surface area contributed by atoms with E-state index in [2.05, 4.69) is 17.1 Å². The van der Waals surface area contributed by atoms with Crippen molar-refractivity contribution in [2.45, 2.75) is 102 Å². The minimum absolute atomic E-state index is 0.0602. The molecule has 0 aromatic heterocycles. The van der Waals surface area contributed by atoms with Crippen LogP contribution < -0.4 is 5.32 Å². The Kier molecular flexibility index (Phi) is 10.4. The van der Waals surface area contributed by atoms with E-state index in [1.54, 1.807) is 7.11 Å². The van der Waals surface area contributed by atoms with Crippen LogP contribution in [0.15, 0.2) is 24.3 Å². The standard InChI is InChI=1S/C31H47N3O4/c1-3-4-18-34-29(36)27(22-24-9-6-5-7-10-24)32-30(37)31(34)16-19-33(20-17-31)23-25-12-14-26(15-13-25)28(35)11-8-21-38-2/h12-15,24,27H,3-11,16-23H2,1-2H3,(H,32,37)/t27-/m0/s1. The lowest BCUT2D eigenvalue weighted by Gasteiger charge is -2.52. The number of likely N-dealkylation sites (tertiary alicyclic amines) is 1. The van der Waals surface area contributed by atoms with Crippen LogP contribution in [0, 0.1) is 5.92 Å². The van der Waals surface area contributed by atoms with E-state index < -0.39 is 5.54 Å². The second kappa shape index (κ2) is 13.7. The van der Waals surface area contributed by atoms with Crippen LogP contribution in [-0.2, 0) is 20.9 Å². The number of methoxy groups -OCH3 is 1. The minimum atomic E-state index is -0.718. The number of nitrogens with one attached hydrogen (secondary N) is 1. The number of unbranched alkanes of at least 4 members (excludes halogenated alkanes) is 1. The summed E-state index contributed by atoms with van der Waals surface area (Å²) in [7, 11) is 1.65. The molecular formula is C31H47N3O4. The number of amides is 2. The number of carbonyl (C=O) groups is 3. The fraction of sp³-hybridized carbons (Fsp3) is 0.710. The lowest BCUT2D eigenvalue weighted by molar-refractivity contribution is -0.162. The van der Waals surface area contributed by atoms with Gasteiger partial charge in [0.15, 0.2) is 5.78 Å². The van der Waals surface area contributed by atoms with Crippen molar-refractivity contribution in [2.75, 3.05) is 33.4 Å². The van der Waals surface area contributed by atoms with Crippen molar-refractivity contribution in [1.29, 1.82) is 0 Å². The molecular weight excluding hydrogens is 478 g/mol. The van der Waals surface area contributed by atoms with Gasteiger partial charge in [-0.25, -0.2) is 0 Å². The Hall–Kier alpha value is -2.25. The van der Waals surface area contributed by atoms with Crippen molar-refractivity contribution >= 4 is 17.6 Å². The Morgan fingerprint density at radius 3 is 2.42 bits per heavy atom. The molecule has 1 aliphatic carbocycles. The van der Waals surface area contributed by atoms with Crippen molar-refractivity contribution < 1.29 is 19.1 Å². The molecule has 1 aromatic rings. The number of nitrogens with zero attached hydrogens (tertiary/aromatic N) is 2. The van der Waals surface area contributed by atoms with Crippen LogP contribution in [0.2, 0.25) is 0 Å². The van der Waals surface area contributed by atoms with E-state index in [1.807, 2.05) is 29.2 Å². The van der Waals surface area contributed by atoms with Gasteiger partial charge in [0, 0.05) is 51.9 Å². The smallest absolute Gasteiger partial charge is 0.246 e. The molecule has 7 nitrogen and oxygen atoms in total. The third-order valence-corrected chi connectivity index (χ3v) is 8.96. The first-order valence-electron chi connectivity index (χ1n) is 14.9. The molecule has 38 heavy (non-hydrogen) atoms. The van der Waals surface area contributed by atoms with Crippen LogP contribution in [0.4, 0.5) is 0 Å². The monoisotopic (exact) mass is 525 g/mol. The van der Waals surface area contributed by atoms with Gasteiger partial charge < -0.3 is 15.0 Å². The molecule has 3 fully saturated rings. The molecule has 0 unspecified atom stereocenters. The van der Waals surface area contributed by atoms with E-state index in [0.29, 0.717) is 38.3 Å². The number of piperidine rings is 1. The van der Waals surface area contributed by atoms with Crippen LogP contribution in [0.3, 0.4) is 0 Å². The van der Waals surface area contributed by atoms with E-state index in [-0.39, 0.29) is 23.6 Å². The van der Waals surface area contributed by atoms with Crippen molar-refractivity contribution in [2.24, 2.45) is 5.92 Å². The van der Waals surface area contributed by atoms with Gasteiger partial charge in [-0.1, -0.05) is 69.7 Å². The number of hydrogen-bond acceptors (Lipinski definition) is 5. The van der Waals surface area contributed by atoms with Gasteiger partial charge in [-0.15, -0.1) is 0 Å². The number of benzene rings is 1. The molecule has 3 aliphatic rings. The summed E-state index contributed by atoms with van der Waals surface area (Å²) in [5.41, 5.74) is 1.19. The summed E-state index contributed by atoms with van der Waals surface area (Å²) < 4.78 is 5.04. The Bertz CT molecular complexity index is 933. The molecule has 2 saturated heterocycles. The van der Waals surface area contributed by atoms with E-state index in [1.165, 1.54) is 32.1 Å². The number of ether oxygens (including phenoxy) is 1. The molecule has 0 bridgehead atoms. The predicted molar refractivity (Wildman–Crippen MR) is 149 cm³/mol. The molecule has 1 aromatic carbocycles. The van der Waals surface area contributed by atoms with Gasteiger partial charge in [-0.2, -0.15) is 0 Å². The van der Waals surface area contributed by atoms with Crippen molar-refractivity contribution in [1.82, 2.24) is 15.1 Å².